The van der Waals surface area contributed by atoms with Gasteiger partial charge in [-0.05, 0) is 41.0 Å². The van der Waals surface area contributed by atoms with Gasteiger partial charge in [-0.25, -0.2) is 9.59 Å². The fraction of sp³-hybridized carbons (Fsp3) is 0.423. The molecule has 2 aliphatic rings. The molecular formula is C26H30N2O5. The zero-order chi connectivity index (χ0) is 23.5. The number of carbonyl (C=O) groups excluding carboxylic acids is 2. The van der Waals surface area contributed by atoms with Gasteiger partial charge in [0.05, 0.1) is 0 Å². The Kier molecular flexibility index (Phi) is 6.67. The van der Waals surface area contributed by atoms with Crippen molar-refractivity contribution < 1.29 is 24.2 Å². The lowest BCUT2D eigenvalue weighted by Crippen LogP contribution is -2.46. The predicted octanol–water partition coefficient (Wildman–Crippen LogP) is 4.02. The Labute approximate surface area is 193 Å². The second-order valence-corrected chi connectivity index (χ2v) is 9.11. The monoisotopic (exact) mass is 450 g/mol. The Morgan fingerprint density at radius 2 is 1.67 bits per heavy atom. The molecule has 0 bridgehead atoms. The zero-order valence-electron chi connectivity index (χ0n) is 19.0. The van der Waals surface area contributed by atoms with Gasteiger partial charge in [0.25, 0.3) is 0 Å². The molecule has 33 heavy (non-hydrogen) atoms. The maximum atomic E-state index is 12.8. The number of likely N-dealkylation sites (tertiary alicyclic amines) is 1. The van der Waals surface area contributed by atoms with Crippen molar-refractivity contribution in [2.24, 2.45) is 5.92 Å². The number of aliphatic carboxylic acids is 1. The fourth-order valence-corrected chi connectivity index (χ4v) is 4.87. The number of carboxylic acid groups (broad SMARTS) is 1. The normalized spacial score (nSPS) is 18.0. The molecule has 0 spiro atoms. The van der Waals surface area contributed by atoms with Crippen LogP contribution in [0.15, 0.2) is 48.5 Å². The van der Waals surface area contributed by atoms with Gasteiger partial charge in [0.1, 0.15) is 12.6 Å². The van der Waals surface area contributed by atoms with Gasteiger partial charge < -0.3 is 20.1 Å². The first kappa shape index (κ1) is 22.8. The van der Waals surface area contributed by atoms with Crippen molar-refractivity contribution in [1.29, 1.82) is 0 Å². The standard InChI is InChI=1S/C26H30N2O5/c1-16(2)22(14-24(29)28-13-7-12-23(28)25(30)31)27-26(32)33-15-21-19-10-5-3-8-17(19)18-9-4-6-11-20(18)21/h3-6,8-11,16,21-23H,7,12-15H2,1-2H3,(H,27,32)(H,30,31)/t22?,23-/m0/s1. The Balaban J connectivity index is 1.38. The van der Waals surface area contributed by atoms with E-state index in [1.807, 2.05) is 38.1 Å². The molecule has 2 aromatic rings. The number of hydrogen-bond donors (Lipinski definition) is 2. The van der Waals surface area contributed by atoms with Crippen molar-refractivity contribution in [1.82, 2.24) is 10.2 Å². The average molecular weight is 451 g/mol. The molecule has 2 atom stereocenters. The van der Waals surface area contributed by atoms with Crippen LogP contribution in [0.1, 0.15) is 50.2 Å². The maximum absolute atomic E-state index is 12.8. The van der Waals surface area contributed by atoms with Crippen molar-refractivity contribution in [3.05, 3.63) is 59.7 Å². The summed E-state index contributed by atoms with van der Waals surface area (Å²) in [5, 5.41) is 12.2. The summed E-state index contributed by atoms with van der Waals surface area (Å²) in [6.07, 6.45) is 0.618. The molecule has 1 unspecified atom stereocenters. The van der Waals surface area contributed by atoms with Crippen LogP contribution in [0.3, 0.4) is 0 Å². The van der Waals surface area contributed by atoms with Gasteiger partial charge in [0.2, 0.25) is 5.91 Å². The molecule has 1 aliphatic carbocycles. The predicted molar refractivity (Wildman–Crippen MR) is 124 cm³/mol. The highest BCUT2D eigenvalue weighted by atomic mass is 16.5. The summed E-state index contributed by atoms with van der Waals surface area (Å²) in [5.74, 6) is -1.28. The number of fused-ring (bicyclic) bond motifs is 3. The summed E-state index contributed by atoms with van der Waals surface area (Å²) in [5.41, 5.74) is 4.59. The second kappa shape index (κ2) is 9.65. The van der Waals surface area contributed by atoms with Gasteiger partial charge in [-0.3, -0.25) is 4.79 Å². The van der Waals surface area contributed by atoms with Crippen molar-refractivity contribution in [3.63, 3.8) is 0 Å². The molecule has 7 nitrogen and oxygen atoms in total. The highest BCUT2D eigenvalue weighted by Gasteiger charge is 2.35. The molecule has 0 saturated carbocycles. The molecule has 7 heteroatoms. The lowest BCUT2D eigenvalue weighted by atomic mass is 9.98. The highest BCUT2D eigenvalue weighted by Crippen LogP contribution is 2.44. The lowest BCUT2D eigenvalue weighted by molar-refractivity contribution is -0.148. The molecule has 2 amide bonds. The van der Waals surface area contributed by atoms with E-state index in [-0.39, 0.29) is 30.8 Å². The first-order valence-corrected chi connectivity index (χ1v) is 11.5. The van der Waals surface area contributed by atoms with E-state index in [9.17, 15) is 19.5 Å². The summed E-state index contributed by atoms with van der Waals surface area (Å²) in [7, 11) is 0. The third kappa shape index (κ3) is 4.72. The number of nitrogens with zero attached hydrogens (tertiary/aromatic N) is 1. The topological polar surface area (TPSA) is 95.9 Å². The third-order valence-electron chi connectivity index (χ3n) is 6.70. The number of amides is 2. The van der Waals surface area contributed by atoms with Crippen LogP contribution in [0.25, 0.3) is 11.1 Å². The highest BCUT2D eigenvalue weighted by molar-refractivity contribution is 5.85. The molecule has 2 aromatic carbocycles. The molecule has 0 aromatic heterocycles. The van der Waals surface area contributed by atoms with Crippen LogP contribution in [0.2, 0.25) is 0 Å². The maximum Gasteiger partial charge on any atom is 0.407 e. The first-order chi connectivity index (χ1) is 15.9. The van der Waals surface area contributed by atoms with Crippen molar-refractivity contribution in [3.8, 4) is 11.1 Å². The molecule has 1 saturated heterocycles. The average Bonchev–Trinajstić information content (AvgIpc) is 3.41. The zero-order valence-corrected chi connectivity index (χ0v) is 19.0. The van der Waals surface area contributed by atoms with E-state index in [2.05, 4.69) is 29.6 Å². The van der Waals surface area contributed by atoms with Crippen LogP contribution >= 0.6 is 0 Å². The number of carboxylic acids is 1. The van der Waals surface area contributed by atoms with E-state index < -0.39 is 24.1 Å². The number of benzene rings is 2. The van der Waals surface area contributed by atoms with Crippen molar-refractivity contribution in [2.75, 3.05) is 13.2 Å². The van der Waals surface area contributed by atoms with E-state index in [1.165, 1.54) is 4.90 Å². The van der Waals surface area contributed by atoms with Gasteiger partial charge >= 0.3 is 12.1 Å². The van der Waals surface area contributed by atoms with Crippen LogP contribution in [-0.2, 0) is 14.3 Å². The minimum absolute atomic E-state index is 0.0136. The van der Waals surface area contributed by atoms with E-state index in [4.69, 9.17) is 4.74 Å². The van der Waals surface area contributed by atoms with Crippen LogP contribution in [0.5, 0.6) is 0 Å². The molecular weight excluding hydrogens is 420 g/mol. The number of alkyl carbamates (subject to hydrolysis) is 1. The largest absolute Gasteiger partial charge is 0.480 e. The first-order valence-electron chi connectivity index (χ1n) is 11.5. The molecule has 4 rings (SSSR count). The van der Waals surface area contributed by atoms with Crippen LogP contribution in [0, 0.1) is 5.92 Å². The van der Waals surface area contributed by atoms with E-state index >= 15 is 0 Å². The van der Waals surface area contributed by atoms with E-state index in [0.717, 1.165) is 22.3 Å². The number of rotatable bonds is 7. The summed E-state index contributed by atoms with van der Waals surface area (Å²) >= 11 is 0. The molecule has 1 aliphatic heterocycles. The van der Waals surface area contributed by atoms with Crippen molar-refractivity contribution in [2.45, 2.75) is 51.1 Å². The number of ether oxygens (including phenoxy) is 1. The minimum Gasteiger partial charge on any atom is -0.480 e. The lowest BCUT2D eigenvalue weighted by Gasteiger charge is -2.27. The molecule has 0 radical (unpaired) electrons. The van der Waals surface area contributed by atoms with Gasteiger partial charge in [-0.15, -0.1) is 0 Å². The van der Waals surface area contributed by atoms with Gasteiger partial charge in [-0.2, -0.15) is 0 Å². The van der Waals surface area contributed by atoms with Gasteiger partial charge in [0, 0.05) is 24.9 Å². The molecule has 174 valence electrons. The number of hydrogen-bond acceptors (Lipinski definition) is 4. The number of carbonyl (C=O) groups is 3. The fourth-order valence-electron chi connectivity index (χ4n) is 4.87. The summed E-state index contributed by atoms with van der Waals surface area (Å²) in [6.45, 7) is 4.47. The summed E-state index contributed by atoms with van der Waals surface area (Å²) in [6, 6.07) is 15.0. The molecule has 2 N–H and O–H groups in total. The Morgan fingerprint density at radius 3 is 2.24 bits per heavy atom. The summed E-state index contributed by atoms with van der Waals surface area (Å²) < 4.78 is 5.62. The van der Waals surface area contributed by atoms with Gasteiger partial charge in [-0.1, -0.05) is 62.4 Å². The SMILES string of the molecule is CC(C)C(CC(=O)N1CCC[C@H]1C(=O)O)NC(=O)OCC1c2ccccc2-c2ccccc21. The van der Waals surface area contributed by atoms with E-state index in [0.29, 0.717) is 19.4 Å². The Morgan fingerprint density at radius 1 is 1.06 bits per heavy atom. The van der Waals surface area contributed by atoms with Crippen LogP contribution in [0.4, 0.5) is 4.79 Å². The Hall–Kier alpha value is -3.35. The Bertz CT molecular complexity index is 1000. The molecule has 1 heterocycles. The van der Waals surface area contributed by atoms with Gasteiger partial charge in [0.15, 0.2) is 0 Å². The quantitative estimate of drug-likeness (QED) is 0.664. The third-order valence-corrected chi connectivity index (χ3v) is 6.70. The van der Waals surface area contributed by atoms with Crippen LogP contribution in [-0.4, -0.2) is 53.2 Å². The summed E-state index contributed by atoms with van der Waals surface area (Å²) in [4.78, 5) is 38.3. The van der Waals surface area contributed by atoms with E-state index in [1.54, 1.807) is 0 Å². The minimum atomic E-state index is -0.980. The molecule has 1 fully saturated rings. The van der Waals surface area contributed by atoms with Crippen LogP contribution < -0.4 is 5.32 Å². The van der Waals surface area contributed by atoms with Crippen molar-refractivity contribution >= 4 is 18.0 Å². The smallest absolute Gasteiger partial charge is 0.407 e. The second-order valence-electron chi connectivity index (χ2n) is 9.11. The number of nitrogens with one attached hydrogen (secondary N) is 1.